The number of carbonyl (C=O) groups excluding carboxylic acids is 1. The van der Waals surface area contributed by atoms with Crippen LogP contribution in [0.2, 0.25) is 0 Å². The molecule has 3 aromatic rings. The molecule has 1 heterocycles. The first-order valence-corrected chi connectivity index (χ1v) is 8.38. The van der Waals surface area contributed by atoms with Gasteiger partial charge in [-0.1, -0.05) is 60.3 Å². The number of carbonyl (C=O) groups is 1. The van der Waals surface area contributed by atoms with Crippen LogP contribution in [0.3, 0.4) is 0 Å². The Bertz CT molecular complexity index is 868. The van der Waals surface area contributed by atoms with Gasteiger partial charge in [-0.25, -0.2) is 4.98 Å². The molecule has 1 amide bonds. The molecule has 5 nitrogen and oxygen atoms in total. The highest BCUT2D eigenvalue weighted by Gasteiger charge is 2.46. The summed E-state index contributed by atoms with van der Waals surface area (Å²) < 4.78 is 40.0. The standard InChI is InChI=1S/C17H13F3N4OS/c18-17(19,20)13(15(25)21-12-9-5-2-6-10-12)26-16-22-14(23-24-16)11-7-3-1-4-8-11/h1-10,13H,(H,21,25)(H,22,23,24). The van der Waals surface area contributed by atoms with Gasteiger partial charge in [0.25, 0.3) is 0 Å². The Hall–Kier alpha value is -2.81. The van der Waals surface area contributed by atoms with E-state index in [1.54, 1.807) is 42.5 Å². The Balaban J connectivity index is 1.77. The minimum Gasteiger partial charge on any atom is -0.325 e. The second-order valence-corrected chi connectivity index (χ2v) is 6.30. The highest BCUT2D eigenvalue weighted by atomic mass is 32.2. The molecule has 0 spiro atoms. The lowest BCUT2D eigenvalue weighted by molar-refractivity contribution is -0.146. The van der Waals surface area contributed by atoms with Crippen molar-refractivity contribution < 1.29 is 18.0 Å². The SMILES string of the molecule is O=C(Nc1ccccc1)C(Sc1n[nH]c(-c2ccccc2)n1)C(F)(F)F. The molecule has 0 aliphatic carbocycles. The number of nitrogens with one attached hydrogen (secondary N) is 2. The largest absolute Gasteiger partial charge is 0.409 e. The van der Waals surface area contributed by atoms with E-state index in [-0.39, 0.29) is 22.6 Å². The van der Waals surface area contributed by atoms with Gasteiger partial charge in [-0.15, -0.1) is 5.10 Å². The highest BCUT2D eigenvalue weighted by Crippen LogP contribution is 2.35. The second-order valence-electron chi connectivity index (χ2n) is 5.23. The van der Waals surface area contributed by atoms with Crippen LogP contribution in [-0.2, 0) is 4.79 Å². The van der Waals surface area contributed by atoms with Crippen molar-refractivity contribution >= 4 is 23.4 Å². The minimum absolute atomic E-state index is 0.158. The molecule has 2 aromatic carbocycles. The van der Waals surface area contributed by atoms with E-state index in [0.717, 1.165) is 0 Å². The minimum atomic E-state index is -4.75. The van der Waals surface area contributed by atoms with Gasteiger partial charge >= 0.3 is 6.18 Å². The van der Waals surface area contributed by atoms with Crippen LogP contribution in [0, 0.1) is 0 Å². The Kier molecular flexibility index (Phi) is 5.27. The lowest BCUT2D eigenvalue weighted by atomic mass is 10.2. The summed E-state index contributed by atoms with van der Waals surface area (Å²) in [6.45, 7) is 0. The average Bonchev–Trinajstić information content (AvgIpc) is 3.09. The molecule has 0 saturated carbocycles. The number of hydrogen-bond donors (Lipinski definition) is 2. The van der Waals surface area contributed by atoms with E-state index in [0.29, 0.717) is 11.4 Å². The summed E-state index contributed by atoms with van der Waals surface area (Å²) in [7, 11) is 0. The number of hydrogen-bond acceptors (Lipinski definition) is 4. The first-order chi connectivity index (χ1) is 12.4. The van der Waals surface area contributed by atoms with E-state index in [9.17, 15) is 18.0 Å². The fraction of sp³-hybridized carbons (Fsp3) is 0.118. The van der Waals surface area contributed by atoms with Crippen molar-refractivity contribution in [2.75, 3.05) is 5.32 Å². The van der Waals surface area contributed by atoms with Crippen LogP contribution in [0.25, 0.3) is 11.4 Å². The average molecular weight is 378 g/mol. The predicted octanol–water partition coefficient (Wildman–Crippen LogP) is 4.13. The molecule has 1 atom stereocenters. The van der Waals surface area contributed by atoms with Crippen LogP contribution in [0.1, 0.15) is 0 Å². The maximum absolute atomic E-state index is 13.3. The molecule has 0 radical (unpaired) electrons. The van der Waals surface area contributed by atoms with Gasteiger partial charge in [0.1, 0.15) is 0 Å². The summed E-state index contributed by atoms with van der Waals surface area (Å²) in [5.74, 6) is -0.850. The van der Waals surface area contributed by atoms with Gasteiger partial charge in [0.05, 0.1) is 0 Å². The summed E-state index contributed by atoms with van der Waals surface area (Å²) in [4.78, 5) is 16.2. The van der Waals surface area contributed by atoms with Crippen LogP contribution in [0.15, 0.2) is 65.8 Å². The molecule has 0 fully saturated rings. The van der Waals surface area contributed by atoms with Gasteiger partial charge in [0, 0.05) is 11.3 Å². The predicted molar refractivity (Wildman–Crippen MR) is 92.6 cm³/mol. The molecular formula is C17H13F3N4OS. The highest BCUT2D eigenvalue weighted by molar-refractivity contribution is 8.00. The molecular weight excluding hydrogens is 365 g/mol. The van der Waals surface area contributed by atoms with Crippen molar-refractivity contribution in [3.63, 3.8) is 0 Å². The molecule has 2 N–H and O–H groups in total. The first-order valence-electron chi connectivity index (χ1n) is 7.50. The molecule has 0 saturated heterocycles. The zero-order valence-corrected chi connectivity index (χ0v) is 14.0. The smallest absolute Gasteiger partial charge is 0.325 e. The summed E-state index contributed by atoms with van der Waals surface area (Å²) in [6, 6.07) is 16.8. The van der Waals surface area contributed by atoms with Crippen molar-refractivity contribution in [1.29, 1.82) is 0 Å². The fourth-order valence-corrected chi connectivity index (χ4v) is 2.88. The maximum Gasteiger partial charge on any atom is 0.409 e. The van der Waals surface area contributed by atoms with E-state index >= 15 is 0 Å². The lowest BCUT2D eigenvalue weighted by Gasteiger charge is -2.17. The Morgan fingerprint density at radius 3 is 2.27 bits per heavy atom. The molecule has 0 aliphatic heterocycles. The first kappa shape index (κ1) is 18.0. The van der Waals surface area contributed by atoms with E-state index in [1.165, 1.54) is 12.1 Å². The molecule has 1 aromatic heterocycles. The van der Waals surface area contributed by atoms with Gasteiger partial charge in [0.2, 0.25) is 11.1 Å². The number of H-pyrrole nitrogens is 1. The third kappa shape index (κ3) is 4.42. The number of aromatic amines is 1. The van der Waals surface area contributed by atoms with E-state index < -0.39 is 17.3 Å². The summed E-state index contributed by atoms with van der Waals surface area (Å²) in [5, 5.41) is 6.14. The molecule has 3 rings (SSSR count). The summed E-state index contributed by atoms with van der Waals surface area (Å²) in [6.07, 6.45) is -4.75. The molecule has 1 unspecified atom stereocenters. The summed E-state index contributed by atoms with van der Waals surface area (Å²) in [5.41, 5.74) is 0.969. The number of thioether (sulfide) groups is 1. The Labute approximate surface area is 151 Å². The number of halogens is 3. The van der Waals surface area contributed by atoms with Crippen LogP contribution >= 0.6 is 11.8 Å². The van der Waals surface area contributed by atoms with Crippen molar-refractivity contribution in [2.24, 2.45) is 0 Å². The van der Waals surface area contributed by atoms with E-state index in [1.807, 2.05) is 6.07 Å². The number of amides is 1. The molecule has 26 heavy (non-hydrogen) atoms. The monoisotopic (exact) mass is 378 g/mol. The fourth-order valence-electron chi connectivity index (χ4n) is 2.13. The number of aromatic nitrogens is 3. The quantitative estimate of drug-likeness (QED) is 0.655. The zero-order chi connectivity index (χ0) is 18.6. The van der Waals surface area contributed by atoms with Crippen molar-refractivity contribution in [2.45, 2.75) is 16.6 Å². The van der Waals surface area contributed by atoms with Gasteiger partial charge in [-0.3, -0.25) is 9.89 Å². The number of rotatable bonds is 5. The van der Waals surface area contributed by atoms with E-state index in [2.05, 4.69) is 20.5 Å². The topological polar surface area (TPSA) is 70.7 Å². The van der Waals surface area contributed by atoms with Crippen LogP contribution in [0.4, 0.5) is 18.9 Å². The Morgan fingerprint density at radius 2 is 1.65 bits per heavy atom. The lowest BCUT2D eigenvalue weighted by Crippen LogP contribution is -2.38. The van der Waals surface area contributed by atoms with Crippen LogP contribution < -0.4 is 5.32 Å². The third-order valence-corrected chi connectivity index (χ3v) is 4.42. The normalized spacial score (nSPS) is 12.6. The van der Waals surface area contributed by atoms with Gasteiger partial charge < -0.3 is 5.32 Å². The van der Waals surface area contributed by atoms with Gasteiger partial charge in [-0.2, -0.15) is 13.2 Å². The van der Waals surface area contributed by atoms with Crippen LogP contribution in [-0.4, -0.2) is 32.5 Å². The number of anilines is 1. The summed E-state index contributed by atoms with van der Waals surface area (Å²) >= 11 is 0.248. The van der Waals surface area contributed by atoms with Gasteiger partial charge in [-0.05, 0) is 12.1 Å². The molecule has 134 valence electrons. The number of nitrogens with zero attached hydrogens (tertiary/aromatic N) is 2. The van der Waals surface area contributed by atoms with Crippen molar-refractivity contribution in [3.05, 3.63) is 60.7 Å². The second kappa shape index (κ2) is 7.61. The third-order valence-electron chi connectivity index (χ3n) is 3.31. The number of benzene rings is 2. The zero-order valence-electron chi connectivity index (χ0n) is 13.2. The van der Waals surface area contributed by atoms with E-state index in [4.69, 9.17) is 0 Å². The van der Waals surface area contributed by atoms with Crippen molar-refractivity contribution in [1.82, 2.24) is 15.2 Å². The Morgan fingerprint density at radius 1 is 1.04 bits per heavy atom. The van der Waals surface area contributed by atoms with Crippen LogP contribution in [0.5, 0.6) is 0 Å². The maximum atomic E-state index is 13.3. The molecule has 0 bridgehead atoms. The number of alkyl halides is 3. The van der Waals surface area contributed by atoms with Crippen molar-refractivity contribution in [3.8, 4) is 11.4 Å². The molecule has 0 aliphatic rings. The van der Waals surface area contributed by atoms with Gasteiger partial charge in [0.15, 0.2) is 11.1 Å². The number of para-hydroxylation sites is 1. The molecule has 9 heteroatoms.